The summed E-state index contributed by atoms with van der Waals surface area (Å²) in [6.45, 7) is 0. The van der Waals surface area contributed by atoms with Gasteiger partial charge in [0, 0.05) is 7.05 Å². The van der Waals surface area contributed by atoms with Crippen molar-refractivity contribution < 1.29 is 4.79 Å². The largest absolute Gasteiger partial charge is 0.359 e. The number of nitrogens with one attached hydrogen (secondary N) is 1. The van der Waals surface area contributed by atoms with Crippen LogP contribution >= 0.6 is 0 Å². The summed E-state index contributed by atoms with van der Waals surface area (Å²) in [5.41, 5.74) is 0.0874. The van der Waals surface area contributed by atoms with Gasteiger partial charge in [-0.3, -0.25) is 4.79 Å². The van der Waals surface area contributed by atoms with Crippen LogP contribution in [-0.4, -0.2) is 13.0 Å². The Morgan fingerprint density at radius 1 is 1.56 bits per heavy atom. The van der Waals surface area contributed by atoms with Crippen molar-refractivity contribution in [3.8, 4) is 0 Å². The Balaban J connectivity index is 2.05. The van der Waals surface area contributed by atoms with Crippen molar-refractivity contribution >= 4 is 5.91 Å². The quantitative estimate of drug-likeness (QED) is 0.541. The average molecular weight is 124 g/mol. The van der Waals surface area contributed by atoms with Gasteiger partial charge < -0.3 is 5.32 Å². The summed E-state index contributed by atoms with van der Waals surface area (Å²) in [7, 11) is 1.72. The van der Waals surface area contributed by atoms with E-state index < -0.39 is 0 Å². The van der Waals surface area contributed by atoms with Gasteiger partial charge in [-0.1, -0.05) is 0 Å². The molecule has 0 atom stereocenters. The van der Waals surface area contributed by atoms with Gasteiger partial charge in [0.05, 0.1) is 5.41 Å². The number of carbonyl (C=O) groups excluding carboxylic acids is 1. The van der Waals surface area contributed by atoms with Crippen LogP contribution < -0.4 is 5.32 Å². The van der Waals surface area contributed by atoms with E-state index in [1.807, 2.05) is 0 Å². The van der Waals surface area contributed by atoms with Crippen LogP contribution in [0.3, 0.4) is 0 Å². The fourth-order valence-electron chi connectivity index (χ4n) is 1.79. The molecule has 1 N–H and O–H groups in total. The zero-order valence-corrected chi connectivity index (χ0v) is 5.53. The third kappa shape index (κ3) is 0.443. The molecule has 0 aliphatic heterocycles. The van der Waals surface area contributed by atoms with Crippen LogP contribution in [0.5, 0.6) is 0 Å². The van der Waals surface area contributed by atoms with E-state index in [0.29, 0.717) is 0 Å². The van der Waals surface area contributed by atoms with Crippen molar-refractivity contribution in [2.75, 3.05) is 7.05 Å². The van der Waals surface area contributed by atoms with E-state index in [1.165, 1.54) is 0 Å². The molecule has 1 amide bonds. The van der Waals surface area contributed by atoms with Crippen molar-refractivity contribution in [2.45, 2.75) is 19.3 Å². The molecule has 1 radical (unpaired) electrons. The minimum absolute atomic E-state index is 0.0874. The molecular formula is C7H10NO. The van der Waals surface area contributed by atoms with Crippen LogP contribution in [0.1, 0.15) is 19.3 Å². The highest BCUT2D eigenvalue weighted by atomic mass is 16.2. The zero-order chi connectivity index (χ0) is 6.48. The van der Waals surface area contributed by atoms with Crippen LogP contribution in [0.2, 0.25) is 0 Å². The first-order chi connectivity index (χ1) is 4.27. The van der Waals surface area contributed by atoms with Gasteiger partial charge in [0.2, 0.25) is 5.91 Å². The second-order valence-corrected chi connectivity index (χ2v) is 3.14. The molecule has 2 bridgehead atoms. The van der Waals surface area contributed by atoms with Gasteiger partial charge in [0.25, 0.3) is 0 Å². The van der Waals surface area contributed by atoms with Crippen LogP contribution in [0, 0.1) is 11.3 Å². The highest BCUT2D eigenvalue weighted by molar-refractivity contribution is 5.87. The van der Waals surface area contributed by atoms with Crippen LogP contribution in [0.25, 0.3) is 0 Å². The Kier molecular flexibility index (Phi) is 0.765. The molecule has 0 unspecified atom stereocenters. The predicted molar refractivity (Wildman–Crippen MR) is 33.6 cm³/mol. The number of rotatable bonds is 1. The molecule has 49 valence electrons. The van der Waals surface area contributed by atoms with Gasteiger partial charge in [-0.15, -0.1) is 0 Å². The van der Waals surface area contributed by atoms with E-state index in [4.69, 9.17) is 0 Å². The third-order valence-corrected chi connectivity index (χ3v) is 2.47. The van der Waals surface area contributed by atoms with E-state index in [0.717, 1.165) is 19.3 Å². The van der Waals surface area contributed by atoms with E-state index in [9.17, 15) is 4.79 Å². The molecule has 3 fully saturated rings. The second kappa shape index (κ2) is 1.31. The molecule has 0 heterocycles. The number of amides is 1. The first-order valence-electron chi connectivity index (χ1n) is 3.33. The SMILES string of the molecule is CNC(=O)C12C[C](C1)C2. The summed E-state index contributed by atoms with van der Waals surface area (Å²) < 4.78 is 0. The monoisotopic (exact) mass is 124 g/mol. The normalized spacial score (nSPS) is 28.1. The average Bonchev–Trinajstić information content (AvgIpc) is 1.57. The molecule has 0 aromatic carbocycles. The molecule has 0 aromatic heterocycles. The minimum atomic E-state index is 0.0874. The first-order valence-corrected chi connectivity index (χ1v) is 3.33. The summed E-state index contributed by atoms with van der Waals surface area (Å²) >= 11 is 0. The highest BCUT2D eigenvalue weighted by Gasteiger charge is 2.61. The third-order valence-electron chi connectivity index (χ3n) is 2.47. The lowest BCUT2D eigenvalue weighted by atomic mass is 9.44. The second-order valence-electron chi connectivity index (χ2n) is 3.14. The molecule has 3 aliphatic rings. The standard InChI is InChI=1S/C7H10NO/c1-8-6(9)7-2-5(3-7)4-7/h2-4H2,1H3,(H,8,9). The summed E-state index contributed by atoms with van der Waals surface area (Å²) in [4.78, 5) is 11.0. The molecule has 9 heavy (non-hydrogen) atoms. The number of hydrogen-bond donors (Lipinski definition) is 1. The van der Waals surface area contributed by atoms with Crippen molar-refractivity contribution in [3.63, 3.8) is 0 Å². The van der Waals surface area contributed by atoms with Crippen LogP contribution in [0.15, 0.2) is 0 Å². The van der Waals surface area contributed by atoms with Gasteiger partial charge in [-0.05, 0) is 25.2 Å². The van der Waals surface area contributed by atoms with E-state index in [-0.39, 0.29) is 11.3 Å². The fraction of sp³-hybridized carbons (Fsp3) is 0.714. The maximum absolute atomic E-state index is 11.0. The van der Waals surface area contributed by atoms with Gasteiger partial charge in [0.15, 0.2) is 0 Å². The maximum Gasteiger partial charge on any atom is 0.226 e. The van der Waals surface area contributed by atoms with Crippen molar-refractivity contribution in [2.24, 2.45) is 5.41 Å². The molecule has 0 aromatic rings. The van der Waals surface area contributed by atoms with Crippen LogP contribution in [0.4, 0.5) is 0 Å². The minimum Gasteiger partial charge on any atom is -0.359 e. The smallest absolute Gasteiger partial charge is 0.226 e. The lowest BCUT2D eigenvalue weighted by molar-refractivity contribution is -0.143. The summed E-state index contributed by atoms with van der Waals surface area (Å²) in [6.07, 6.45) is 3.23. The van der Waals surface area contributed by atoms with Crippen molar-refractivity contribution in [1.82, 2.24) is 5.32 Å². The van der Waals surface area contributed by atoms with Gasteiger partial charge in [-0.25, -0.2) is 0 Å². The molecular weight excluding hydrogens is 114 g/mol. The number of hydrogen-bond acceptors (Lipinski definition) is 1. The Labute approximate surface area is 54.6 Å². The summed E-state index contributed by atoms with van der Waals surface area (Å²) in [5, 5.41) is 2.69. The lowest BCUT2D eigenvalue weighted by Gasteiger charge is -2.59. The Morgan fingerprint density at radius 3 is 2.22 bits per heavy atom. The molecule has 3 rings (SSSR count). The molecule has 3 aliphatic carbocycles. The first kappa shape index (κ1) is 5.27. The summed E-state index contributed by atoms with van der Waals surface area (Å²) in [6, 6.07) is 0. The van der Waals surface area contributed by atoms with Crippen LogP contribution in [-0.2, 0) is 4.79 Å². The summed E-state index contributed by atoms with van der Waals surface area (Å²) in [5.74, 6) is 1.83. The molecule has 0 saturated heterocycles. The topological polar surface area (TPSA) is 29.1 Å². The van der Waals surface area contributed by atoms with Gasteiger partial charge in [0.1, 0.15) is 0 Å². The van der Waals surface area contributed by atoms with Crippen molar-refractivity contribution in [3.05, 3.63) is 5.92 Å². The Bertz CT molecular complexity index is 147. The van der Waals surface area contributed by atoms with E-state index >= 15 is 0 Å². The van der Waals surface area contributed by atoms with Gasteiger partial charge in [-0.2, -0.15) is 0 Å². The number of carbonyl (C=O) groups is 1. The molecule has 3 saturated carbocycles. The Morgan fingerprint density at radius 2 is 2.11 bits per heavy atom. The van der Waals surface area contributed by atoms with Gasteiger partial charge >= 0.3 is 0 Å². The maximum atomic E-state index is 11.0. The van der Waals surface area contributed by atoms with Crippen molar-refractivity contribution in [1.29, 1.82) is 0 Å². The highest BCUT2D eigenvalue weighted by Crippen LogP contribution is 2.65. The van der Waals surface area contributed by atoms with E-state index in [1.54, 1.807) is 13.0 Å². The Hall–Kier alpha value is -0.530. The molecule has 2 heteroatoms. The predicted octanol–water partition coefficient (Wildman–Crippen LogP) is 0.491. The van der Waals surface area contributed by atoms with E-state index in [2.05, 4.69) is 5.32 Å². The molecule has 2 nitrogen and oxygen atoms in total. The lowest BCUT2D eigenvalue weighted by Crippen LogP contribution is -2.58. The molecule has 0 spiro atoms. The fourth-order valence-corrected chi connectivity index (χ4v) is 1.79. The zero-order valence-electron chi connectivity index (χ0n) is 5.53.